The monoisotopic (exact) mass is 318 g/mol. The van der Waals surface area contributed by atoms with E-state index < -0.39 is 0 Å². The first kappa shape index (κ1) is 14.1. The van der Waals surface area contributed by atoms with E-state index in [1.807, 2.05) is 23.4 Å². The van der Waals surface area contributed by atoms with Gasteiger partial charge in [-0.05, 0) is 25.8 Å². The van der Waals surface area contributed by atoms with E-state index in [2.05, 4.69) is 31.3 Å². The van der Waals surface area contributed by atoms with Gasteiger partial charge in [0.15, 0.2) is 0 Å². The molecule has 2 saturated heterocycles. The molecule has 1 atom stereocenters. The molecule has 2 fully saturated rings. The Bertz CT molecular complexity index is 624. The highest BCUT2D eigenvalue weighted by atomic mass is 32.1. The molecule has 0 aliphatic carbocycles. The zero-order chi connectivity index (χ0) is 15.0. The minimum absolute atomic E-state index is 0.437. The quantitative estimate of drug-likeness (QED) is 0.863. The molecule has 0 N–H and O–H groups in total. The molecule has 0 unspecified atom stereocenters. The van der Waals surface area contributed by atoms with Crippen molar-refractivity contribution < 1.29 is 0 Å². The predicted molar refractivity (Wildman–Crippen MR) is 86.9 cm³/mol. The summed E-state index contributed by atoms with van der Waals surface area (Å²) < 4.78 is 1.89. The summed E-state index contributed by atoms with van der Waals surface area (Å²) in [6, 6.07) is 0. The van der Waals surface area contributed by atoms with Crippen molar-refractivity contribution in [1.82, 2.24) is 24.9 Å². The highest BCUT2D eigenvalue weighted by Crippen LogP contribution is 2.41. The van der Waals surface area contributed by atoms with Gasteiger partial charge in [-0.2, -0.15) is 5.10 Å². The molecule has 0 amide bonds. The number of nitrogens with zero attached hydrogens (tertiary/aromatic N) is 6. The van der Waals surface area contributed by atoms with Crippen LogP contribution in [0.3, 0.4) is 0 Å². The van der Waals surface area contributed by atoms with Gasteiger partial charge in [-0.3, -0.25) is 9.58 Å². The minimum Gasteiger partial charge on any atom is -0.346 e. The summed E-state index contributed by atoms with van der Waals surface area (Å²) in [5.41, 5.74) is 3.58. The van der Waals surface area contributed by atoms with Crippen molar-refractivity contribution >= 4 is 16.5 Å². The van der Waals surface area contributed by atoms with E-state index >= 15 is 0 Å². The lowest BCUT2D eigenvalue weighted by Crippen LogP contribution is -2.44. The Morgan fingerprint density at radius 3 is 3.00 bits per heavy atom. The van der Waals surface area contributed by atoms with E-state index in [1.165, 1.54) is 37.9 Å². The van der Waals surface area contributed by atoms with Crippen LogP contribution in [-0.4, -0.2) is 51.1 Å². The first-order valence-corrected chi connectivity index (χ1v) is 8.81. The summed E-state index contributed by atoms with van der Waals surface area (Å²) in [5, 5.41) is 13.6. The third-order valence-electron chi connectivity index (χ3n) is 4.96. The SMILES string of the molecule is Cn1cc(CN2CCC[C@]3(CCN(c4nncs4)C3)C2)cn1. The molecule has 0 radical (unpaired) electrons. The molecule has 6 nitrogen and oxygen atoms in total. The molecular weight excluding hydrogens is 296 g/mol. The van der Waals surface area contributed by atoms with E-state index in [0.717, 1.165) is 24.8 Å². The summed E-state index contributed by atoms with van der Waals surface area (Å²) in [5.74, 6) is 0. The number of aromatic nitrogens is 4. The number of likely N-dealkylation sites (tertiary alicyclic amines) is 1. The van der Waals surface area contributed by atoms with Crippen molar-refractivity contribution in [3.8, 4) is 0 Å². The van der Waals surface area contributed by atoms with Crippen LogP contribution < -0.4 is 4.90 Å². The molecule has 2 aliphatic heterocycles. The van der Waals surface area contributed by atoms with Crippen LogP contribution >= 0.6 is 11.3 Å². The van der Waals surface area contributed by atoms with Gasteiger partial charge in [0.25, 0.3) is 0 Å². The fraction of sp³-hybridized carbons (Fsp3) is 0.667. The average Bonchev–Trinajstić information content (AvgIpc) is 3.21. The van der Waals surface area contributed by atoms with Crippen LogP contribution in [0.1, 0.15) is 24.8 Å². The van der Waals surface area contributed by atoms with Crippen molar-refractivity contribution in [3.05, 3.63) is 23.5 Å². The summed E-state index contributed by atoms with van der Waals surface area (Å²) in [6.07, 6.45) is 8.03. The summed E-state index contributed by atoms with van der Waals surface area (Å²) in [4.78, 5) is 5.02. The fourth-order valence-corrected chi connectivity index (χ4v) is 4.58. The maximum atomic E-state index is 4.28. The Morgan fingerprint density at radius 2 is 2.23 bits per heavy atom. The van der Waals surface area contributed by atoms with Crippen LogP contribution in [0.25, 0.3) is 0 Å². The molecule has 7 heteroatoms. The van der Waals surface area contributed by atoms with E-state index in [4.69, 9.17) is 0 Å². The third kappa shape index (κ3) is 2.75. The predicted octanol–water partition coefficient (Wildman–Crippen LogP) is 1.76. The van der Waals surface area contributed by atoms with Crippen molar-refractivity contribution in [3.63, 3.8) is 0 Å². The highest BCUT2D eigenvalue weighted by Gasteiger charge is 2.42. The van der Waals surface area contributed by atoms with Crippen LogP contribution in [0.4, 0.5) is 5.13 Å². The first-order valence-electron chi connectivity index (χ1n) is 7.94. The normalized spacial score (nSPS) is 26.1. The van der Waals surface area contributed by atoms with E-state index in [0.29, 0.717) is 5.41 Å². The van der Waals surface area contributed by atoms with Crippen LogP contribution in [-0.2, 0) is 13.6 Å². The van der Waals surface area contributed by atoms with Gasteiger partial charge in [0.05, 0.1) is 6.20 Å². The summed E-state index contributed by atoms with van der Waals surface area (Å²) >= 11 is 1.65. The number of rotatable bonds is 3. The Labute approximate surface area is 134 Å². The molecule has 118 valence electrons. The molecule has 4 heterocycles. The molecule has 4 rings (SSSR count). The van der Waals surface area contributed by atoms with Crippen LogP contribution in [0.15, 0.2) is 17.9 Å². The summed E-state index contributed by atoms with van der Waals surface area (Å²) in [7, 11) is 1.98. The molecule has 2 aliphatic rings. The topological polar surface area (TPSA) is 50.1 Å². The lowest BCUT2D eigenvalue weighted by atomic mass is 9.79. The molecule has 2 aromatic heterocycles. The second kappa shape index (κ2) is 5.62. The van der Waals surface area contributed by atoms with E-state index in [9.17, 15) is 0 Å². The maximum Gasteiger partial charge on any atom is 0.208 e. The lowest BCUT2D eigenvalue weighted by Gasteiger charge is -2.40. The molecular formula is C15H22N6S. The van der Waals surface area contributed by atoms with Gasteiger partial charge >= 0.3 is 0 Å². The van der Waals surface area contributed by atoms with Gasteiger partial charge < -0.3 is 4.90 Å². The minimum atomic E-state index is 0.437. The number of anilines is 1. The molecule has 22 heavy (non-hydrogen) atoms. The molecule has 2 aromatic rings. The fourth-order valence-electron chi connectivity index (χ4n) is 3.99. The number of hydrogen-bond acceptors (Lipinski definition) is 6. The maximum absolute atomic E-state index is 4.28. The number of aryl methyl sites for hydroxylation is 1. The number of piperidine rings is 1. The Hall–Kier alpha value is -1.47. The third-order valence-corrected chi connectivity index (χ3v) is 5.71. The second-order valence-electron chi connectivity index (χ2n) is 6.73. The van der Waals surface area contributed by atoms with Gasteiger partial charge in [-0.25, -0.2) is 0 Å². The molecule has 1 spiro atoms. The Balaban J connectivity index is 1.42. The standard InChI is InChI=1S/C15H22N6S/c1-19-8-13(7-17-19)9-20-5-2-3-15(10-20)4-6-21(11-15)14-18-16-12-22-14/h7-8,12H,2-6,9-11H2,1H3/t15-/m0/s1. The van der Waals surface area contributed by atoms with Crippen molar-refractivity contribution in [2.75, 3.05) is 31.1 Å². The van der Waals surface area contributed by atoms with Gasteiger partial charge in [-0.1, -0.05) is 11.3 Å². The van der Waals surface area contributed by atoms with Crippen LogP contribution in [0.5, 0.6) is 0 Å². The summed E-state index contributed by atoms with van der Waals surface area (Å²) in [6.45, 7) is 5.67. The second-order valence-corrected chi connectivity index (χ2v) is 7.54. The van der Waals surface area contributed by atoms with Crippen molar-refractivity contribution in [2.45, 2.75) is 25.8 Å². The molecule has 0 aromatic carbocycles. The van der Waals surface area contributed by atoms with Crippen molar-refractivity contribution in [2.24, 2.45) is 12.5 Å². The molecule has 0 saturated carbocycles. The molecule has 0 bridgehead atoms. The van der Waals surface area contributed by atoms with Gasteiger partial charge in [0.1, 0.15) is 5.51 Å². The van der Waals surface area contributed by atoms with E-state index in [1.54, 1.807) is 11.3 Å². The lowest BCUT2D eigenvalue weighted by molar-refractivity contribution is 0.0991. The van der Waals surface area contributed by atoms with Crippen LogP contribution in [0.2, 0.25) is 0 Å². The van der Waals surface area contributed by atoms with E-state index in [-0.39, 0.29) is 0 Å². The number of hydrogen-bond donors (Lipinski definition) is 0. The smallest absolute Gasteiger partial charge is 0.208 e. The zero-order valence-electron chi connectivity index (χ0n) is 13.0. The van der Waals surface area contributed by atoms with Crippen molar-refractivity contribution in [1.29, 1.82) is 0 Å². The first-order chi connectivity index (χ1) is 10.7. The van der Waals surface area contributed by atoms with Crippen LogP contribution in [0, 0.1) is 5.41 Å². The van der Waals surface area contributed by atoms with Gasteiger partial charge in [-0.15, -0.1) is 10.2 Å². The van der Waals surface area contributed by atoms with Gasteiger partial charge in [0, 0.05) is 50.4 Å². The Morgan fingerprint density at radius 1 is 1.27 bits per heavy atom. The highest BCUT2D eigenvalue weighted by molar-refractivity contribution is 7.13. The average molecular weight is 318 g/mol. The Kier molecular flexibility index (Phi) is 3.62. The largest absolute Gasteiger partial charge is 0.346 e. The van der Waals surface area contributed by atoms with Gasteiger partial charge in [0.2, 0.25) is 5.13 Å². The zero-order valence-corrected chi connectivity index (χ0v) is 13.8.